The van der Waals surface area contributed by atoms with Crippen LogP contribution in [0, 0.1) is 0 Å². The van der Waals surface area contributed by atoms with Crippen molar-refractivity contribution in [3.8, 4) is 5.75 Å². The monoisotopic (exact) mass is 361 g/mol. The van der Waals surface area contributed by atoms with Crippen molar-refractivity contribution < 1.29 is 19.4 Å². The van der Waals surface area contributed by atoms with Gasteiger partial charge in [-0.1, -0.05) is 29.8 Å². The van der Waals surface area contributed by atoms with Gasteiger partial charge in [-0.3, -0.25) is 9.59 Å². The minimum atomic E-state index is -0.823. The van der Waals surface area contributed by atoms with Crippen LogP contribution in [0.5, 0.6) is 5.75 Å². The molecule has 132 valence electrons. The number of aryl methyl sites for hydroxylation is 2. The van der Waals surface area contributed by atoms with Crippen LogP contribution in [-0.4, -0.2) is 24.1 Å². The SMILES string of the molecule is COc1ccc(CCC(=O)Nc2ccc(CCC(=O)O)cc2)cc1Cl. The second kappa shape index (κ2) is 9.08. The van der Waals surface area contributed by atoms with Gasteiger partial charge in [-0.15, -0.1) is 0 Å². The molecule has 6 heteroatoms. The molecule has 1 amide bonds. The zero-order chi connectivity index (χ0) is 18.2. The van der Waals surface area contributed by atoms with Crippen LogP contribution in [0.25, 0.3) is 0 Å². The molecule has 0 atom stereocenters. The molecule has 2 rings (SSSR count). The Morgan fingerprint density at radius 1 is 1.04 bits per heavy atom. The maximum atomic E-state index is 12.0. The lowest BCUT2D eigenvalue weighted by Gasteiger charge is -2.08. The highest BCUT2D eigenvalue weighted by molar-refractivity contribution is 6.32. The average molecular weight is 362 g/mol. The molecule has 2 aromatic rings. The van der Waals surface area contributed by atoms with Gasteiger partial charge in [0.2, 0.25) is 5.91 Å². The first-order valence-electron chi connectivity index (χ1n) is 7.91. The van der Waals surface area contributed by atoms with Crippen molar-refractivity contribution in [3.63, 3.8) is 0 Å². The number of hydrogen-bond acceptors (Lipinski definition) is 3. The van der Waals surface area contributed by atoms with E-state index < -0.39 is 5.97 Å². The Balaban J connectivity index is 1.83. The fourth-order valence-corrected chi connectivity index (χ4v) is 2.63. The third-order valence-corrected chi connectivity index (χ3v) is 4.02. The smallest absolute Gasteiger partial charge is 0.303 e. The maximum absolute atomic E-state index is 12.0. The van der Waals surface area contributed by atoms with Crippen LogP contribution >= 0.6 is 11.6 Å². The topological polar surface area (TPSA) is 75.6 Å². The quantitative estimate of drug-likeness (QED) is 0.746. The summed E-state index contributed by atoms with van der Waals surface area (Å²) in [7, 11) is 1.56. The molecule has 25 heavy (non-hydrogen) atoms. The Labute approximate surface area is 151 Å². The highest BCUT2D eigenvalue weighted by Crippen LogP contribution is 2.25. The second-order valence-corrected chi connectivity index (χ2v) is 6.01. The summed E-state index contributed by atoms with van der Waals surface area (Å²) in [5.41, 5.74) is 2.58. The lowest BCUT2D eigenvalue weighted by Crippen LogP contribution is -2.12. The van der Waals surface area contributed by atoms with Crippen LogP contribution in [0.1, 0.15) is 24.0 Å². The summed E-state index contributed by atoms with van der Waals surface area (Å²) in [5, 5.41) is 12.0. The Hall–Kier alpha value is -2.53. The number of anilines is 1. The lowest BCUT2D eigenvalue weighted by atomic mass is 10.1. The Morgan fingerprint density at radius 2 is 1.68 bits per heavy atom. The summed E-state index contributed by atoms with van der Waals surface area (Å²) in [5.74, 6) is -0.306. The highest BCUT2D eigenvalue weighted by Gasteiger charge is 2.06. The number of carboxylic acid groups (broad SMARTS) is 1. The summed E-state index contributed by atoms with van der Waals surface area (Å²) in [6.07, 6.45) is 1.48. The van der Waals surface area contributed by atoms with Gasteiger partial charge in [0.25, 0.3) is 0 Å². The predicted octanol–water partition coefficient (Wildman–Crippen LogP) is 3.94. The fraction of sp³-hybridized carbons (Fsp3) is 0.263. The number of carbonyl (C=O) groups excluding carboxylic acids is 1. The first-order chi connectivity index (χ1) is 12.0. The molecule has 0 radical (unpaired) electrons. The summed E-state index contributed by atoms with van der Waals surface area (Å²) in [4.78, 5) is 22.6. The van der Waals surface area contributed by atoms with Crippen LogP contribution in [0.15, 0.2) is 42.5 Å². The van der Waals surface area contributed by atoms with E-state index >= 15 is 0 Å². The number of rotatable bonds is 8. The average Bonchev–Trinajstić information content (AvgIpc) is 2.59. The summed E-state index contributed by atoms with van der Waals surface area (Å²) in [6, 6.07) is 12.7. The number of carbonyl (C=O) groups is 2. The van der Waals surface area contributed by atoms with Crippen molar-refractivity contribution >= 4 is 29.2 Å². The molecule has 0 bridgehead atoms. The van der Waals surface area contributed by atoms with Crippen molar-refractivity contribution in [2.24, 2.45) is 0 Å². The van der Waals surface area contributed by atoms with Crippen molar-refractivity contribution in [2.75, 3.05) is 12.4 Å². The van der Waals surface area contributed by atoms with E-state index in [4.69, 9.17) is 21.4 Å². The number of aliphatic carboxylic acids is 1. The molecule has 2 aromatic carbocycles. The van der Waals surface area contributed by atoms with E-state index in [1.807, 2.05) is 18.2 Å². The zero-order valence-electron chi connectivity index (χ0n) is 13.9. The van der Waals surface area contributed by atoms with Gasteiger partial charge in [-0.2, -0.15) is 0 Å². The van der Waals surface area contributed by atoms with Gasteiger partial charge < -0.3 is 15.2 Å². The molecule has 0 aliphatic rings. The van der Waals surface area contributed by atoms with Gasteiger partial charge in [0.15, 0.2) is 0 Å². The molecule has 5 nitrogen and oxygen atoms in total. The van der Waals surface area contributed by atoms with Crippen molar-refractivity contribution in [1.29, 1.82) is 0 Å². The van der Waals surface area contributed by atoms with E-state index in [1.54, 1.807) is 31.4 Å². The van der Waals surface area contributed by atoms with E-state index in [2.05, 4.69) is 5.32 Å². The number of hydrogen-bond donors (Lipinski definition) is 2. The standard InChI is InChI=1S/C19H20ClNO4/c1-25-17-9-4-14(12-16(17)20)5-10-18(22)21-15-7-2-13(3-8-15)6-11-19(23)24/h2-4,7-9,12H,5-6,10-11H2,1H3,(H,21,22)(H,23,24). The van der Waals surface area contributed by atoms with Crippen LogP contribution in [0.3, 0.4) is 0 Å². The number of carboxylic acids is 1. The van der Waals surface area contributed by atoms with Crippen LogP contribution in [-0.2, 0) is 22.4 Å². The number of methoxy groups -OCH3 is 1. The molecule has 0 saturated carbocycles. The molecule has 2 N–H and O–H groups in total. The van der Waals surface area contributed by atoms with Gasteiger partial charge in [-0.25, -0.2) is 0 Å². The molecular weight excluding hydrogens is 342 g/mol. The van der Waals surface area contributed by atoms with Gasteiger partial charge >= 0.3 is 5.97 Å². The summed E-state index contributed by atoms with van der Waals surface area (Å²) in [6.45, 7) is 0. The van der Waals surface area contributed by atoms with Gasteiger partial charge in [0, 0.05) is 18.5 Å². The van der Waals surface area contributed by atoms with E-state index in [-0.39, 0.29) is 12.3 Å². The molecule has 0 aliphatic heterocycles. The van der Waals surface area contributed by atoms with E-state index in [1.165, 1.54) is 0 Å². The third-order valence-electron chi connectivity index (χ3n) is 3.72. The van der Waals surface area contributed by atoms with Crippen LogP contribution < -0.4 is 10.1 Å². The van der Waals surface area contributed by atoms with Gasteiger partial charge in [-0.05, 0) is 48.2 Å². The lowest BCUT2D eigenvalue weighted by molar-refractivity contribution is -0.137. The fourth-order valence-electron chi connectivity index (χ4n) is 2.35. The Morgan fingerprint density at radius 3 is 2.28 bits per heavy atom. The number of nitrogens with one attached hydrogen (secondary N) is 1. The van der Waals surface area contributed by atoms with Crippen LogP contribution in [0.2, 0.25) is 5.02 Å². The van der Waals surface area contributed by atoms with Crippen LogP contribution in [0.4, 0.5) is 5.69 Å². The molecule has 0 saturated heterocycles. The molecule has 0 aliphatic carbocycles. The van der Waals surface area contributed by atoms with Crippen molar-refractivity contribution in [2.45, 2.75) is 25.7 Å². The zero-order valence-corrected chi connectivity index (χ0v) is 14.7. The van der Waals surface area contributed by atoms with E-state index in [9.17, 15) is 9.59 Å². The first kappa shape index (κ1) is 18.8. The number of ether oxygens (including phenoxy) is 1. The Kier molecular flexibility index (Phi) is 6.83. The van der Waals surface area contributed by atoms with E-state index in [0.717, 1.165) is 11.1 Å². The Bertz CT molecular complexity index is 744. The highest BCUT2D eigenvalue weighted by atomic mass is 35.5. The maximum Gasteiger partial charge on any atom is 0.303 e. The van der Waals surface area contributed by atoms with E-state index in [0.29, 0.717) is 35.7 Å². The molecule has 0 unspecified atom stereocenters. The molecular formula is C19H20ClNO4. The first-order valence-corrected chi connectivity index (χ1v) is 8.28. The van der Waals surface area contributed by atoms with Crippen molar-refractivity contribution in [1.82, 2.24) is 0 Å². The minimum absolute atomic E-state index is 0.0924. The number of amides is 1. The number of halogens is 1. The van der Waals surface area contributed by atoms with Gasteiger partial charge in [0.05, 0.1) is 12.1 Å². The summed E-state index contributed by atoms with van der Waals surface area (Å²) < 4.78 is 5.10. The molecule has 0 aromatic heterocycles. The molecule has 0 fully saturated rings. The van der Waals surface area contributed by atoms with Crippen molar-refractivity contribution in [3.05, 3.63) is 58.6 Å². The number of benzene rings is 2. The largest absolute Gasteiger partial charge is 0.495 e. The predicted molar refractivity (Wildman–Crippen MR) is 97.4 cm³/mol. The molecule has 0 spiro atoms. The normalized spacial score (nSPS) is 10.3. The van der Waals surface area contributed by atoms with Gasteiger partial charge in [0.1, 0.15) is 5.75 Å². The second-order valence-electron chi connectivity index (χ2n) is 5.61. The minimum Gasteiger partial charge on any atom is -0.495 e. The molecule has 0 heterocycles. The third kappa shape index (κ3) is 6.12. The summed E-state index contributed by atoms with van der Waals surface area (Å²) >= 11 is 6.07.